The molecule has 0 aliphatic rings. The summed E-state index contributed by atoms with van der Waals surface area (Å²) in [5.41, 5.74) is 2.43. The Hall–Kier alpha value is -3.47. The van der Waals surface area contributed by atoms with Crippen molar-refractivity contribution in [3.8, 4) is 17.2 Å². The van der Waals surface area contributed by atoms with E-state index >= 15 is 0 Å². The second-order valence-corrected chi connectivity index (χ2v) is 6.39. The van der Waals surface area contributed by atoms with E-state index in [2.05, 4.69) is 5.32 Å². The number of hydrogen-bond donors (Lipinski definition) is 1. The molecule has 0 aliphatic heterocycles. The average molecular weight is 391 g/mol. The van der Waals surface area contributed by atoms with Crippen LogP contribution in [-0.4, -0.2) is 19.6 Å². The van der Waals surface area contributed by atoms with Crippen LogP contribution < -0.4 is 19.5 Å². The van der Waals surface area contributed by atoms with Crippen molar-refractivity contribution >= 4 is 5.91 Å². The molecule has 1 amide bonds. The monoisotopic (exact) mass is 391 g/mol. The van der Waals surface area contributed by atoms with E-state index in [-0.39, 0.29) is 5.91 Å². The lowest BCUT2D eigenvalue weighted by molar-refractivity contribution is 0.0950. The maximum atomic E-state index is 12.6. The second kappa shape index (κ2) is 10.2. The van der Waals surface area contributed by atoms with Gasteiger partial charge in [-0.15, -0.1) is 0 Å². The summed E-state index contributed by atoms with van der Waals surface area (Å²) < 4.78 is 16.7. The van der Waals surface area contributed by atoms with Gasteiger partial charge in [0.2, 0.25) is 0 Å². The third-order valence-electron chi connectivity index (χ3n) is 4.37. The van der Waals surface area contributed by atoms with E-state index in [9.17, 15) is 4.79 Å². The molecule has 0 bridgehead atoms. The number of rotatable bonds is 9. The predicted octanol–water partition coefficient (Wildman–Crippen LogP) is 4.60. The summed E-state index contributed by atoms with van der Waals surface area (Å²) >= 11 is 0. The topological polar surface area (TPSA) is 56.8 Å². The lowest BCUT2D eigenvalue weighted by Crippen LogP contribution is -2.23. The van der Waals surface area contributed by atoms with Crippen molar-refractivity contribution < 1.29 is 19.0 Å². The van der Waals surface area contributed by atoms with Crippen molar-refractivity contribution in [2.75, 3.05) is 13.7 Å². The summed E-state index contributed by atoms with van der Waals surface area (Å²) in [4.78, 5) is 12.6. The number of benzene rings is 3. The lowest BCUT2D eigenvalue weighted by atomic mass is 10.1. The SMILES string of the molecule is CCOc1ccc(C(=O)NCc2ccccc2)cc1COc1ccc(OC)cc1. The summed E-state index contributed by atoms with van der Waals surface area (Å²) in [6, 6.07) is 22.6. The quantitative estimate of drug-likeness (QED) is 0.579. The molecular formula is C24H25NO4. The van der Waals surface area contributed by atoms with Gasteiger partial charge in [0.15, 0.2) is 0 Å². The first-order chi connectivity index (χ1) is 14.2. The maximum Gasteiger partial charge on any atom is 0.251 e. The Morgan fingerprint density at radius 1 is 0.897 bits per heavy atom. The van der Waals surface area contributed by atoms with Crippen LogP contribution >= 0.6 is 0 Å². The molecule has 150 valence electrons. The zero-order valence-corrected chi connectivity index (χ0v) is 16.7. The largest absolute Gasteiger partial charge is 0.497 e. The maximum absolute atomic E-state index is 12.6. The Balaban J connectivity index is 1.69. The molecule has 0 aliphatic carbocycles. The van der Waals surface area contributed by atoms with Gasteiger partial charge in [-0.25, -0.2) is 0 Å². The van der Waals surface area contributed by atoms with Gasteiger partial charge in [0.05, 0.1) is 13.7 Å². The highest BCUT2D eigenvalue weighted by molar-refractivity contribution is 5.94. The third kappa shape index (κ3) is 5.75. The van der Waals surface area contributed by atoms with E-state index in [4.69, 9.17) is 14.2 Å². The molecule has 0 atom stereocenters. The number of ether oxygens (including phenoxy) is 3. The molecule has 0 saturated heterocycles. The Morgan fingerprint density at radius 2 is 1.62 bits per heavy atom. The summed E-state index contributed by atoms with van der Waals surface area (Å²) in [6.45, 7) is 3.23. The van der Waals surface area contributed by atoms with Crippen LogP contribution in [0.1, 0.15) is 28.4 Å². The van der Waals surface area contributed by atoms with E-state index in [1.54, 1.807) is 13.2 Å². The van der Waals surface area contributed by atoms with E-state index in [0.29, 0.717) is 36.8 Å². The standard InChI is InChI=1S/C24H25NO4/c1-3-28-23-14-9-19(24(26)25-16-18-7-5-4-6-8-18)15-20(23)17-29-22-12-10-21(27-2)11-13-22/h4-15H,3,16-17H2,1-2H3,(H,25,26). The Morgan fingerprint density at radius 3 is 2.31 bits per heavy atom. The number of hydrogen-bond acceptors (Lipinski definition) is 4. The predicted molar refractivity (Wildman–Crippen MR) is 113 cm³/mol. The normalized spacial score (nSPS) is 10.3. The number of nitrogens with one attached hydrogen (secondary N) is 1. The molecule has 0 saturated carbocycles. The van der Waals surface area contributed by atoms with Crippen molar-refractivity contribution in [1.29, 1.82) is 0 Å². The molecule has 3 aromatic rings. The first-order valence-electron chi connectivity index (χ1n) is 9.54. The van der Waals surface area contributed by atoms with Gasteiger partial charge in [-0.3, -0.25) is 4.79 Å². The van der Waals surface area contributed by atoms with Crippen LogP contribution in [0.15, 0.2) is 72.8 Å². The summed E-state index contributed by atoms with van der Waals surface area (Å²) in [7, 11) is 1.62. The van der Waals surface area contributed by atoms with E-state index in [0.717, 1.165) is 16.9 Å². The first-order valence-corrected chi connectivity index (χ1v) is 9.54. The highest BCUT2D eigenvalue weighted by Gasteiger charge is 2.11. The van der Waals surface area contributed by atoms with E-state index in [1.807, 2.05) is 73.7 Å². The summed E-state index contributed by atoms with van der Waals surface area (Å²) in [6.07, 6.45) is 0. The molecule has 0 fully saturated rings. The van der Waals surface area contributed by atoms with Gasteiger partial charge in [0.25, 0.3) is 5.91 Å². The molecule has 5 heteroatoms. The Bertz CT molecular complexity index is 923. The molecule has 0 radical (unpaired) electrons. The molecule has 0 heterocycles. The second-order valence-electron chi connectivity index (χ2n) is 6.39. The minimum absolute atomic E-state index is 0.136. The smallest absolute Gasteiger partial charge is 0.251 e. The molecular weight excluding hydrogens is 366 g/mol. The number of methoxy groups -OCH3 is 1. The van der Waals surface area contributed by atoms with Gasteiger partial charge >= 0.3 is 0 Å². The number of carbonyl (C=O) groups excluding carboxylic acids is 1. The Kier molecular flexibility index (Phi) is 7.11. The van der Waals surface area contributed by atoms with E-state index in [1.165, 1.54) is 0 Å². The van der Waals surface area contributed by atoms with Crippen LogP contribution in [0.25, 0.3) is 0 Å². The summed E-state index contributed by atoms with van der Waals surface area (Å²) in [5.74, 6) is 2.06. The number of carbonyl (C=O) groups is 1. The molecule has 0 spiro atoms. The number of amides is 1. The fourth-order valence-corrected chi connectivity index (χ4v) is 2.84. The molecule has 3 aromatic carbocycles. The fourth-order valence-electron chi connectivity index (χ4n) is 2.84. The van der Waals surface area contributed by atoms with E-state index < -0.39 is 0 Å². The molecule has 29 heavy (non-hydrogen) atoms. The van der Waals surface area contributed by atoms with Crippen LogP contribution in [0.5, 0.6) is 17.2 Å². The van der Waals surface area contributed by atoms with Gasteiger partial charge in [-0.05, 0) is 55.0 Å². The van der Waals surface area contributed by atoms with Gasteiger partial charge in [0.1, 0.15) is 23.9 Å². The van der Waals surface area contributed by atoms with Crippen molar-refractivity contribution in [1.82, 2.24) is 5.32 Å². The molecule has 3 rings (SSSR count). The van der Waals surface area contributed by atoms with Crippen LogP contribution in [0.4, 0.5) is 0 Å². The Labute approximate surface area is 171 Å². The van der Waals surface area contributed by atoms with Crippen molar-refractivity contribution in [3.05, 3.63) is 89.5 Å². The van der Waals surface area contributed by atoms with Gasteiger partial charge < -0.3 is 19.5 Å². The van der Waals surface area contributed by atoms with Crippen LogP contribution in [-0.2, 0) is 13.2 Å². The van der Waals surface area contributed by atoms with Crippen LogP contribution in [0.3, 0.4) is 0 Å². The highest BCUT2D eigenvalue weighted by atomic mass is 16.5. The van der Waals surface area contributed by atoms with Crippen LogP contribution in [0.2, 0.25) is 0 Å². The minimum Gasteiger partial charge on any atom is -0.497 e. The van der Waals surface area contributed by atoms with Crippen molar-refractivity contribution in [3.63, 3.8) is 0 Å². The highest BCUT2D eigenvalue weighted by Crippen LogP contribution is 2.24. The first kappa shape index (κ1) is 20.3. The third-order valence-corrected chi connectivity index (χ3v) is 4.37. The van der Waals surface area contributed by atoms with Crippen LogP contribution in [0, 0.1) is 0 Å². The molecule has 5 nitrogen and oxygen atoms in total. The lowest BCUT2D eigenvalue weighted by Gasteiger charge is -2.14. The van der Waals surface area contributed by atoms with Gasteiger partial charge in [-0.2, -0.15) is 0 Å². The molecule has 0 aromatic heterocycles. The zero-order chi connectivity index (χ0) is 20.5. The van der Waals surface area contributed by atoms with Gasteiger partial charge in [0, 0.05) is 17.7 Å². The van der Waals surface area contributed by atoms with Crippen molar-refractivity contribution in [2.45, 2.75) is 20.1 Å². The zero-order valence-electron chi connectivity index (χ0n) is 16.7. The van der Waals surface area contributed by atoms with Gasteiger partial charge in [-0.1, -0.05) is 30.3 Å². The van der Waals surface area contributed by atoms with Crippen molar-refractivity contribution in [2.24, 2.45) is 0 Å². The summed E-state index contributed by atoms with van der Waals surface area (Å²) in [5, 5.41) is 2.95. The molecule has 0 unspecified atom stereocenters. The fraction of sp³-hybridized carbons (Fsp3) is 0.208. The minimum atomic E-state index is -0.136. The molecule has 1 N–H and O–H groups in total. The average Bonchev–Trinajstić information content (AvgIpc) is 2.78.